The average Bonchev–Trinajstić information content (AvgIpc) is 3.72. The Morgan fingerprint density at radius 3 is 1.79 bits per heavy atom. The van der Waals surface area contributed by atoms with E-state index in [-0.39, 0.29) is 0 Å². The molecule has 9 unspecified atom stereocenters. The van der Waals surface area contributed by atoms with E-state index < -0.39 is 0 Å². The summed E-state index contributed by atoms with van der Waals surface area (Å²) < 4.78 is 0. The second-order valence-corrected chi connectivity index (χ2v) is 20.5. The molecule has 0 amide bonds. The normalized spacial score (nSPS) is 46.3. The van der Waals surface area contributed by atoms with Gasteiger partial charge in [0.25, 0.3) is 0 Å². The van der Waals surface area contributed by atoms with Gasteiger partial charge in [0.05, 0.1) is 5.37 Å². The monoisotopic (exact) mass is 664 g/mol. The molecule has 0 aromatic rings. The van der Waals surface area contributed by atoms with Crippen molar-refractivity contribution in [2.45, 2.75) is 239 Å². The third-order valence-electron chi connectivity index (χ3n) is 16.8. The molecule has 2 heterocycles. The van der Waals surface area contributed by atoms with Gasteiger partial charge in [-0.25, -0.2) is 0 Å². The molecule has 0 bridgehead atoms. The summed E-state index contributed by atoms with van der Waals surface area (Å²) in [6.45, 7) is 0. The Bertz CT molecular complexity index is 975. The molecule has 9 rings (SSSR count). The lowest BCUT2D eigenvalue weighted by Crippen LogP contribution is -2.55. The van der Waals surface area contributed by atoms with Crippen LogP contribution in [0.25, 0.3) is 0 Å². The van der Waals surface area contributed by atoms with Gasteiger partial charge in [0.2, 0.25) is 0 Å². The van der Waals surface area contributed by atoms with Crippen LogP contribution in [0.2, 0.25) is 0 Å². The summed E-state index contributed by atoms with van der Waals surface area (Å²) in [5, 5.41) is 5.90. The Morgan fingerprint density at radius 1 is 0.447 bits per heavy atom. The van der Waals surface area contributed by atoms with E-state index in [1.165, 1.54) is 154 Å². The number of nitrogens with one attached hydrogen (secondary N) is 1. The first-order valence-corrected chi connectivity index (χ1v) is 23.2. The van der Waals surface area contributed by atoms with Gasteiger partial charge < -0.3 is 5.32 Å². The van der Waals surface area contributed by atoms with Crippen LogP contribution in [0.15, 0.2) is 0 Å². The van der Waals surface area contributed by atoms with Crippen molar-refractivity contribution in [1.29, 1.82) is 0 Å². The zero-order valence-electron chi connectivity index (χ0n) is 30.4. The van der Waals surface area contributed by atoms with E-state index in [0.29, 0.717) is 0 Å². The van der Waals surface area contributed by atoms with E-state index in [4.69, 9.17) is 0 Å². The first-order valence-electron chi connectivity index (χ1n) is 22.3. The Labute approximate surface area is 294 Å². The molecule has 4 heteroatoms. The van der Waals surface area contributed by atoms with Crippen molar-refractivity contribution in [3.05, 3.63) is 0 Å². The first kappa shape index (κ1) is 33.1. The molecule has 2 aliphatic heterocycles. The van der Waals surface area contributed by atoms with Crippen LogP contribution in [0.1, 0.15) is 186 Å². The number of nitrogens with zero attached hydrogens (tertiary/aromatic N) is 2. The summed E-state index contributed by atoms with van der Waals surface area (Å²) in [5.41, 5.74) is 0. The summed E-state index contributed by atoms with van der Waals surface area (Å²) in [7, 11) is 0. The van der Waals surface area contributed by atoms with Crippen LogP contribution in [0.4, 0.5) is 0 Å². The van der Waals surface area contributed by atoms with Gasteiger partial charge in [-0.05, 0) is 145 Å². The van der Waals surface area contributed by atoms with Crippen LogP contribution in [0.3, 0.4) is 0 Å². The zero-order chi connectivity index (χ0) is 31.2. The summed E-state index contributed by atoms with van der Waals surface area (Å²) in [4.78, 5) is 6.58. The predicted molar refractivity (Wildman–Crippen MR) is 200 cm³/mol. The maximum absolute atomic E-state index is 4.18. The molecular weight excluding hydrogens is 591 g/mol. The van der Waals surface area contributed by atoms with Crippen LogP contribution in [0, 0.1) is 29.6 Å². The molecule has 1 N–H and O–H groups in total. The third kappa shape index (κ3) is 6.81. The molecule has 0 aromatic carbocycles. The minimum absolute atomic E-state index is 0.791. The molecule has 9 fully saturated rings. The SMILES string of the molecule is C1CCC(C2NC3CCC(C4CCC(N5C6CCCCC6C6CC(N(C7CCCCC7)C7CCCCC7)CCC65)CC4)CC3S2)CC1. The summed E-state index contributed by atoms with van der Waals surface area (Å²) >= 11 is 2.41. The van der Waals surface area contributed by atoms with Crippen molar-refractivity contribution >= 4 is 11.8 Å². The highest BCUT2D eigenvalue weighted by Crippen LogP contribution is 2.54. The third-order valence-corrected chi connectivity index (χ3v) is 18.5. The quantitative estimate of drug-likeness (QED) is 0.305. The molecule has 0 spiro atoms. The van der Waals surface area contributed by atoms with Crippen LogP contribution in [0.5, 0.6) is 0 Å². The predicted octanol–water partition coefficient (Wildman–Crippen LogP) is 10.7. The Morgan fingerprint density at radius 2 is 1.06 bits per heavy atom. The van der Waals surface area contributed by atoms with E-state index >= 15 is 0 Å². The van der Waals surface area contributed by atoms with Crippen molar-refractivity contribution in [2.24, 2.45) is 29.6 Å². The molecule has 9 atom stereocenters. The summed E-state index contributed by atoms with van der Waals surface area (Å²) in [5.74, 6) is 5.10. The molecular formula is C43H73N3S. The van der Waals surface area contributed by atoms with Crippen LogP contribution >= 0.6 is 11.8 Å². The number of hydrogen-bond donors (Lipinski definition) is 1. The van der Waals surface area contributed by atoms with Gasteiger partial charge in [-0.3, -0.25) is 9.80 Å². The molecule has 2 saturated heterocycles. The van der Waals surface area contributed by atoms with Gasteiger partial charge in [-0.2, -0.15) is 0 Å². The minimum Gasteiger partial charge on any atom is -0.301 e. The molecule has 0 aromatic heterocycles. The fourth-order valence-electron chi connectivity index (χ4n) is 14.6. The number of fused-ring (bicyclic) bond motifs is 4. The van der Waals surface area contributed by atoms with Gasteiger partial charge >= 0.3 is 0 Å². The van der Waals surface area contributed by atoms with Crippen LogP contribution < -0.4 is 5.32 Å². The summed E-state index contributed by atoms with van der Waals surface area (Å²) in [6.07, 6.45) is 44.1. The Balaban J connectivity index is 0.836. The average molecular weight is 664 g/mol. The number of likely N-dealkylation sites (tertiary alicyclic amines) is 1. The highest BCUT2D eigenvalue weighted by molar-refractivity contribution is 8.00. The second kappa shape index (κ2) is 15.1. The highest BCUT2D eigenvalue weighted by atomic mass is 32.2. The van der Waals surface area contributed by atoms with Crippen molar-refractivity contribution in [1.82, 2.24) is 15.1 Å². The molecule has 3 nitrogen and oxygen atoms in total. The van der Waals surface area contributed by atoms with E-state index in [1.54, 1.807) is 32.1 Å². The smallest absolute Gasteiger partial charge is 0.0566 e. The second-order valence-electron chi connectivity index (χ2n) is 19.1. The standard InChI is InChI=1S/C43H73N3S/c1-4-12-31(13-5-1)43-44-39-26-22-32(28-42(39)47-43)30-20-23-35(24-21-30)46-40-19-11-10-18-37(40)38-29-36(25-27-41(38)46)45(33-14-6-2-7-15-33)34-16-8-3-9-17-34/h30-44H,1-29H2. The molecule has 0 radical (unpaired) electrons. The summed E-state index contributed by atoms with van der Waals surface area (Å²) in [6, 6.07) is 6.41. The maximum Gasteiger partial charge on any atom is 0.0566 e. The van der Waals surface area contributed by atoms with Gasteiger partial charge in [0, 0.05) is 47.5 Å². The van der Waals surface area contributed by atoms with E-state index in [9.17, 15) is 0 Å². The Hall–Kier alpha value is 0.230. The molecule has 47 heavy (non-hydrogen) atoms. The lowest BCUT2D eigenvalue weighted by atomic mass is 9.70. The lowest BCUT2D eigenvalue weighted by Gasteiger charge is -2.50. The van der Waals surface area contributed by atoms with Gasteiger partial charge in [0.15, 0.2) is 0 Å². The topological polar surface area (TPSA) is 18.5 Å². The molecule has 9 aliphatic rings. The van der Waals surface area contributed by atoms with E-state index in [1.807, 2.05) is 0 Å². The Kier molecular flexibility index (Phi) is 10.6. The van der Waals surface area contributed by atoms with Gasteiger partial charge in [-0.15, -0.1) is 11.8 Å². The number of rotatable bonds is 6. The van der Waals surface area contributed by atoms with Crippen molar-refractivity contribution in [2.75, 3.05) is 0 Å². The van der Waals surface area contributed by atoms with Crippen molar-refractivity contribution in [3.8, 4) is 0 Å². The number of hydrogen-bond acceptors (Lipinski definition) is 4. The highest BCUT2D eigenvalue weighted by Gasteiger charge is 2.54. The lowest BCUT2D eigenvalue weighted by molar-refractivity contribution is -0.00823. The van der Waals surface area contributed by atoms with E-state index in [2.05, 4.69) is 26.9 Å². The number of thioether (sulfide) groups is 1. The fourth-order valence-corrected chi connectivity index (χ4v) is 16.5. The zero-order valence-corrected chi connectivity index (χ0v) is 31.2. The van der Waals surface area contributed by atoms with Crippen molar-refractivity contribution < 1.29 is 0 Å². The van der Waals surface area contributed by atoms with Gasteiger partial charge in [0.1, 0.15) is 0 Å². The van der Waals surface area contributed by atoms with Crippen LogP contribution in [-0.4, -0.2) is 62.7 Å². The largest absolute Gasteiger partial charge is 0.301 e. The minimum atomic E-state index is 0.791. The molecule has 266 valence electrons. The first-order chi connectivity index (χ1) is 23.3. The van der Waals surface area contributed by atoms with Crippen molar-refractivity contribution in [3.63, 3.8) is 0 Å². The fraction of sp³-hybridized carbons (Fsp3) is 1.00. The molecule has 7 aliphatic carbocycles. The maximum atomic E-state index is 4.18. The van der Waals surface area contributed by atoms with Gasteiger partial charge in [-0.1, -0.05) is 70.6 Å². The van der Waals surface area contributed by atoms with Crippen LogP contribution in [-0.2, 0) is 0 Å². The van der Waals surface area contributed by atoms with E-state index in [0.717, 1.165) is 82.5 Å². The molecule has 7 saturated carbocycles.